The average molecular weight is 397 g/mol. The third-order valence-corrected chi connectivity index (χ3v) is 5.28. The molecule has 6 heteroatoms. The fourth-order valence-electron chi connectivity index (χ4n) is 3.61. The van der Waals surface area contributed by atoms with Crippen LogP contribution in [0, 0.1) is 18.3 Å². The Morgan fingerprint density at radius 1 is 1.00 bits per heavy atom. The number of benzene rings is 2. The van der Waals surface area contributed by atoms with Crippen molar-refractivity contribution in [3.05, 3.63) is 83.6 Å². The van der Waals surface area contributed by atoms with Crippen molar-refractivity contribution in [1.82, 2.24) is 4.98 Å². The van der Waals surface area contributed by atoms with Gasteiger partial charge in [0, 0.05) is 38.1 Å². The lowest BCUT2D eigenvalue weighted by Gasteiger charge is -2.36. The van der Waals surface area contributed by atoms with Gasteiger partial charge in [0.05, 0.1) is 16.8 Å². The van der Waals surface area contributed by atoms with Gasteiger partial charge in [-0.1, -0.05) is 24.3 Å². The van der Waals surface area contributed by atoms with Crippen LogP contribution < -0.4 is 15.1 Å². The molecule has 1 aromatic heterocycles. The van der Waals surface area contributed by atoms with Gasteiger partial charge in [0.2, 0.25) is 0 Å². The summed E-state index contributed by atoms with van der Waals surface area (Å²) in [4.78, 5) is 21.6. The summed E-state index contributed by atoms with van der Waals surface area (Å²) in [5.41, 5.74) is 3.92. The molecular formula is C24H23N5O. The third-order valence-electron chi connectivity index (χ3n) is 5.28. The Bertz CT molecular complexity index is 1080. The molecule has 0 unspecified atom stereocenters. The number of hydrogen-bond donors (Lipinski definition) is 1. The largest absolute Gasteiger partial charge is 0.368 e. The molecule has 2 aromatic carbocycles. The topological polar surface area (TPSA) is 72.3 Å². The standard InChI is InChI=1S/C24H23N5O/c1-18-5-4-7-21(15-18)28-11-13-29(14-12-28)23-10-9-20(17-26-23)24(30)27-22-8-3-2-6-19(22)16-25/h2-10,15,17H,11-14H2,1H3,(H,27,30). The first-order valence-corrected chi connectivity index (χ1v) is 9.97. The summed E-state index contributed by atoms with van der Waals surface area (Å²) < 4.78 is 0. The minimum Gasteiger partial charge on any atom is -0.368 e. The maximum Gasteiger partial charge on any atom is 0.257 e. The van der Waals surface area contributed by atoms with Crippen LogP contribution in [0.4, 0.5) is 17.2 Å². The Morgan fingerprint density at radius 2 is 1.77 bits per heavy atom. The number of nitrogens with one attached hydrogen (secondary N) is 1. The van der Waals surface area contributed by atoms with Crippen molar-refractivity contribution in [3.63, 3.8) is 0 Å². The second-order valence-corrected chi connectivity index (χ2v) is 7.33. The number of hydrogen-bond acceptors (Lipinski definition) is 5. The molecule has 1 aliphatic heterocycles. The van der Waals surface area contributed by atoms with E-state index in [0.717, 1.165) is 32.0 Å². The lowest BCUT2D eigenvalue weighted by molar-refractivity contribution is 0.102. The zero-order chi connectivity index (χ0) is 20.9. The van der Waals surface area contributed by atoms with Crippen LogP contribution in [0.15, 0.2) is 66.9 Å². The molecule has 0 spiro atoms. The number of piperazine rings is 1. The van der Waals surface area contributed by atoms with E-state index in [2.05, 4.69) is 57.4 Å². The lowest BCUT2D eigenvalue weighted by atomic mass is 10.1. The summed E-state index contributed by atoms with van der Waals surface area (Å²) in [5.74, 6) is 0.592. The van der Waals surface area contributed by atoms with E-state index < -0.39 is 0 Å². The van der Waals surface area contributed by atoms with E-state index in [0.29, 0.717) is 16.8 Å². The van der Waals surface area contributed by atoms with Gasteiger partial charge in [-0.2, -0.15) is 5.26 Å². The molecule has 1 fully saturated rings. The van der Waals surface area contributed by atoms with Crippen LogP contribution in [-0.2, 0) is 0 Å². The number of pyridine rings is 1. The Labute approximate surface area is 176 Å². The first kappa shape index (κ1) is 19.5. The van der Waals surface area contributed by atoms with E-state index in [1.807, 2.05) is 6.07 Å². The van der Waals surface area contributed by atoms with E-state index in [1.54, 1.807) is 36.5 Å². The summed E-state index contributed by atoms with van der Waals surface area (Å²) in [7, 11) is 0. The van der Waals surface area contributed by atoms with Crippen LogP contribution in [0.1, 0.15) is 21.5 Å². The normalized spacial score (nSPS) is 13.6. The Hall–Kier alpha value is -3.85. The molecule has 0 bridgehead atoms. The molecule has 0 saturated carbocycles. The fourth-order valence-corrected chi connectivity index (χ4v) is 3.61. The van der Waals surface area contributed by atoms with Gasteiger partial charge in [0.15, 0.2) is 0 Å². The summed E-state index contributed by atoms with van der Waals surface area (Å²) in [6.07, 6.45) is 1.59. The smallest absolute Gasteiger partial charge is 0.257 e. The van der Waals surface area contributed by atoms with Crippen LogP contribution in [0.3, 0.4) is 0 Å². The molecular weight excluding hydrogens is 374 g/mol. The van der Waals surface area contributed by atoms with E-state index >= 15 is 0 Å². The second kappa shape index (κ2) is 8.66. The molecule has 1 N–H and O–H groups in total. The molecule has 30 heavy (non-hydrogen) atoms. The second-order valence-electron chi connectivity index (χ2n) is 7.33. The number of nitrogens with zero attached hydrogens (tertiary/aromatic N) is 4. The monoisotopic (exact) mass is 397 g/mol. The number of rotatable bonds is 4. The summed E-state index contributed by atoms with van der Waals surface area (Å²) >= 11 is 0. The van der Waals surface area contributed by atoms with Crippen LogP contribution in [-0.4, -0.2) is 37.1 Å². The molecule has 150 valence electrons. The molecule has 0 atom stereocenters. The maximum absolute atomic E-state index is 12.5. The van der Waals surface area contributed by atoms with Gasteiger partial charge < -0.3 is 15.1 Å². The van der Waals surface area contributed by atoms with Gasteiger partial charge in [-0.15, -0.1) is 0 Å². The summed E-state index contributed by atoms with van der Waals surface area (Å²) in [6, 6.07) is 21.3. The molecule has 0 radical (unpaired) electrons. The first-order chi connectivity index (χ1) is 14.6. The number of aryl methyl sites for hydroxylation is 1. The number of carbonyl (C=O) groups excluding carboxylic acids is 1. The van der Waals surface area contributed by atoms with Crippen LogP contribution in [0.5, 0.6) is 0 Å². The Balaban J connectivity index is 1.38. The van der Waals surface area contributed by atoms with Gasteiger partial charge in [0.1, 0.15) is 11.9 Å². The van der Waals surface area contributed by atoms with Gasteiger partial charge in [-0.05, 0) is 48.9 Å². The lowest BCUT2D eigenvalue weighted by Crippen LogP contribution is -2.46. The minimum atomic E-state index is -0.277. The van der Waals surface area contributed by atoms with E-state index in [4.69, 9.17) is 5.26 Å². The maximum atomic E-state index is 12.5. The van der Waals surface area contributed by atoms with Crippen LogP contribution >= 0.6 is 0 Å². The van der Waals surface area contributed by atoms with Crippen molar-refractivity contribution in [3.8, 4) is 6.07 Å². The molecule has 1 aliphatic rings. The number of anilines is 3. The predicted octanol–water partition coefficient (Wildman–Crippen LogP) is 3.84. The molecule has 1 amide bonds. The Kier molecular flexibility index (Phi) is 5.62. The number of aromatic nitrogens is 1. The predicted molar refractivity (Wildman–Crippen MR) is 119 cm³/mol. The average Bonchev–Trinajstić information content (AvgIpc) is 2.79. The highest BCUT2D eigenvalue weighted by atomic mass is 16.1. The molecule has 1 saturated heterocycles. The van der Waals surface area contributed by atoms with Gasteiger partial charge in [0.25, 0.3) is 5.91 Å². The SMILES string of the molecule is Cc1cccc(N2CCN(c3ccc(C(=O)Nc4ccccc4C#N)cn3)CC2)c1. The fraction of sp³-hybridized carbons (Fsp3) is 0.208. The van der Waals surface area contributed by atoms with Crippen molar-refractivity contribution in [1.29, 1.82) is 5.26 Å². The van der Waals surface area contributed by atoms with Gasteiger partial charge in [-0.25, -0.2) is 4.98 Å². The van der Waals surface area contributed by atoms with Crippen molar-refractivity contribution >= 4 is 23.1 Å². The van der Waals surface area contributed by atoms with Crippen molar-refractivity contribution in [2.24, 2.45) is 0 Å². The van der Waals surface area contributed by atoms with E-state index in [-0.39, 0.29) is 5.91 Å². The highest BCUT2D eigenvalue weighted by molar-refractivity contribution is 6.04. The van der Waals surface area contributed by atoms with Crippen LogP contribution in [0.25, 0.3) is 0 Å². The third kappa shape index (κ3) is 4.26. The quantitative estimate of drug-likeness (QED) is 0.724. The summed E-state index contributed by atoms with van der Waals surface area (Å²) in [6.45, 7) is 5.72. The van der Waals surface area contributed by atoms with Gasteiger partial charge >= 0.3 is 0 Å². The molecule has 4 rings (SSSR count). The van der Waals surface area contributed by atoms with Crippen molar-refractivity contribution in [2.45, 2.75) is 6.92 Å². The van der Waals surface area contributed by atoms with E-state index in [9.17, 15) is 4.79 Å². The number of carbonyl (C=O) groups is 1. The van der Waals surface area contributed by atoms with Crippen LogP contribution in [0.2, 0.25) is 0 Å². The Morgan fingerprint density at radius 3 is 2.47 bits per heavy atom. The van der Waals surface area contributed by atoms with Crippen molar-refractivity contribution in [2.75, 3.05) is 41.3 Å². The molecule has 0 aliphatic carbocycles. The zero-order valence-corrected chi connectivity index (χ0v) is 16.9. The molecule has 6 nitrogen and oxygen atoms in total. The molecule has 3 aromatic rings. The molecule has 2 heterocycles. The highest BCUT2D eigenvalue weighted by Crippen LogP contribution is 2.21. The first-order valence-electron chi connectivity index (χ1n) is 9.97. The zero-order valence-electron chi connectivity index (χ0n) is 16.9. The highest BCUT2D eigenvalue weighted by Gasteiger charge is 2.19. The minimum absolute atomic E-state index is 0.277. The number of nitriles is 1. The van der Waals surface area contributed by atoms with Crippen molar-refractivity contribution < 1.29 is 4.79 Å². The summed E-state index contributed by atoms with van der Waals surface area (Å²) in [5, 5.41) is 11.9. The number of para-hydroxylation sites is 1. The van der Waals surface area contributed by atoms with Gasteiger partial charge in [-0.3, -0.25) is 4.79 Å². The van der Waals surface area contributed by atoms with E-state index in [1.165, 1.54) is 11.3 Å². The number of amides is 1.